The number of nitrogens with two attached hydrogens (primary N) is 1. The fraction of sp³-hybridized carbons (Fsp3) is 0.500. The standard InChI is InChI=1S/C12H17NO/c13-11-5-1-3-9(7-11)10-4-2-6-12(14)8-10/h2,4,6,8-9,11,14H,1,3,5,7,13H2. The normalized spacial score (nSPS) is 27.5. The Bertz CT molecular complexity index is 311. The Balaban J connectivity index is 2.14. The van der Waals surface area contributed by atoms with Crippen LogP contribution in [-0.4, -0.2) is 11.1 Å². The van der Waals surface area contributed by atoms with E-state index in [1.165, 1.54) is 18.4 Å². The van der Waals surface area contributed by atoms with Crippen molar-refractivity contribution in [3.8, 4) is 5.75 Å². The lowest BCUT2D eigenvalue weighted by Crippen LogP contribution is -2.26. The molecule has 76 valence electrons. The van der Waals surface area contributed by atoms with Gasteiger partial charge >= 0.3 is 0 Å². The molecule has 0 saturated heterocycles. The maximum atomic E-state index is 9.38. The lowest BCUT2D eigenvalue weighted by molar-refractivity contribution is 0.391. The van der Waals surface area contributed by atoms with Crippen molar-refractivity contribution in [2.24, 2.45) is 5.73 Å². The van der Waals surface area contributed by atoms with Crippen LogP contribution in [0.5, 0.6) is 5.75 Å². The van der Waals surface area contributed by atoms with Crippen LogP contribution < -0.4 is 5.73 Å². The summed E-state index contributed by atoms with van der Waals surface area (Å²) in [6.45, 7) is 0. The zero-order valence-electron chi connectivity index (χ0n) is 8.32. The fourth-order valence-electron chi connectivity index (χ4n) is 2.31. The SMILES string of the molecule is NC1CCCC(c2cccc(O)c2)C1. The Hall–Kier alpha value is -1.02. The van der Waals surface area contributed by atoms with Gasteiger partial charge in [-0.15, -0.1) is 0 Å². The van der Waals surface area contributed by atoms with E-state index in [1.54, 1.807) is 6.07 Å². The van der Waals surface area contributed by atoms with Crippen LogP contribution in [0.2, 0.25) is 0 Å². The predicted molar refractivity (Wildman–Crippen MR) is 57.3 cm³/mol. The molecule has 2 nitrogen and oxygen atoms in total. The van der Waals surface area contributed by atoms with Gasteiger partial charge in [-0.3, -0.25) is 0 Å². The minimum Gasteiger partial charge on any atom is -0.508 e. The molecule has 1 aliphatic carbocycles. The van der Waals surface area contributed by atoms with E-state index in [4.69, 9.17) is 5.73 Å². The first-order valence-electron chi connectivity index (χ1n) is 5.30. The molecule has 0 aliphatic heterocycles. The molecule has 0 radical (unpaired) electrons. The van der Waals surface area contributed by atoms with Gasteiger partial charge in [0.2, 0.25) is 0 Å². The van der Waals surface area contributed by atoms with Crippen molar-refractivity contribution < 1.29 is 5.11 Å². The second kappa shape index (κ2) is 4.01. The van der Waals surface area contributed by atoms with Gasteiger partial charge < -0.3 is 10.8 Å². The van der Waals surface area contributed by atoms with Crippen molar-refractivity contribution in [2.45, 2.75) is 37.6 Å². The Morgan fingerprint density at radius 2 is 2.14 bits per heavy atom. The number of benzene rings is 1. The van der Waals surface area contributed by atoms with E-state index >= 15 is 0 Å². The third-order valence-electron chi connectivity index (χ3n) is 3.06. The zero-order valence-corrected chi connectivity index (χ0v) is 8.32. The van der Waals surface area contributed by atoms with Crippen molar-refractivity contribution in [1.82, 2.24) is 0 Å². The van der Waals surface area contributed by atoms with Gasteiger partial charge in [0.1, 0.15) is 5.75 Å². The smallest absolute Gasteiger partial charge is 0.115 e. The van der Waals surface area contributed by atoms with Gasteiger partial charge in [0.25, 0.3) is 0 Å². The summed E-state index contributed by atoms with van der Waals surface area (Å²) in [5, 5.41) is 9.38. The Morgan fingerprint density at radius 1 is 1.29 bits per heavy atom. The summed E-state index contributed by atoms with van der Waals surface area (Å²) in [5.41, 5.74) is 7.17. The largest absolute Gasteiger partial charge is 0.508 e. The number of hydrogen-bond acceptors (Lipinski definition) is 2. The highest BCUT2D eigenvalue weighted by molar-refractivity contribution is 5.30. The van der Waals surface area contributed by atoms with E-state index < -0.39 is 0 Å². The van der Waals surface area contributed by atoms with Crippen LogP contribution in [0.4, 0.5) is 0 Å². The predicted octanol–water partition coefficient (Wildman–Crippen LogP) is 2.38. The lowest BCUT2D eigenvalue weighted by atomic mass is 9.82. The topological polar surface area (TPSA) is 46.2 Å². The number of rotatable bonds is 1. The highest BCUT2D eigenvalue weighted by atomic mass is 16.3. The van der Waals surface area contributed by atoms with E-state index in [2.05, 4.69) is 6.07 Å². The summed E-state index contributed by atoms with van der Waals surface area (Å²) in [5.74, 6) is 0.910. The van der Waals surface area contributed by atoms with Gasteiger partial charge in [0.15, 0.2) is 0 Å². The van der Waals surface area contributed by atoms with E-state index in [9.17, 15) is 5.11 Å². The molecular weight excluding hydrogens is 174 g/mol. The molecule has 2 rings (SSSR count). The quantitative estimate of drug-likeness (QED) is 0.716. The summed E-state index contributed by atoms with van der Waals surface area (Å²) in [7, 11) is 0. The minimum absolute atomic E-state index is 0.344. The average Bonchev–Trinajstić information content (AvgIpc) is 2.18. The van der Waals surface area contributed by atoms with Gasteiger partial charge in [-0.05, 0) is 42.9 Å². The minimum atomic E-state index is 0.344. The summed E-state index contributed by atoms with van der Waals surface area (Å²) in [6.07, 6.45) is 4.62. The first-order valence-corrected chi connectivity index (χ1v) is 5.30. The molecule has 1 fully saturated rings. The fourth-order valence-corrected chi connectivity index (χ4v) is 2.31. The van der Waals surface area contributed by atoms with E-state index in [0.717, 1.165) is 12.8 Å². The number of phenolic OH excluding ortho intramolecular Hbond substituents is 1. The highest BCUT2D eigenvalue weighted by Crippen LogP contribution is 2.33. The van der Waals surface area contributed by atoms with Crippen LogP contribution in [0, 0.1) is 0 Å². The molecular formula is C12H17NO. The molecule has 0 heterocycles. The Kier molecular flexibility index (Phi) is 2.73. The Labute approximate surface area is 84.7 Å². The second-order valence-electron chi connectivity index (χ2n) is 4.22. The maximum absolute atomic E-state index is 9.38. The van der Waals surface area contributed by atoms with Crippen molar-refractivity contribution in [2.75, 3.05) is 0 Å². The van der Waals surface area contributed by atoms with Crippen LogP contribution in [0.25, 0.3) is 0 Å². The molecule has 0 spiro atoms. The van der Waals surface area contributed by atoms with Crippen molar-refractivity contribution >= 4 is 0 Å². The zero-order chi connectivity index (χ0) is 9.97. The molecule has 0 aromatic heterocycles. The molecule has 14 heavy (non-hydrogen) atoms. The number of hydrogen-bond donors (Lipinski definition) is 2. The summed E-state index contributed by atoms with van der Waals surface area (Å²) < 4.78 is 0. The van der Waals surface area contributed by atoms with Crippen LogP contribution >= 0.6 is 0 Å². The molecule has 0 bridgehead atoms. The van der Waals surface area contributed by atoms with Gasteiger partial charge in [-0.2, -0.15) is 0 Å². The molecule has 2 heteroatoms. The van der Waals surface area contributed by atoms with Gasteiger partial charge in [0.05, 0.1) is 0 Å². The van der Waals surface area contributed by atoms with Crippen molar-refractivity contribution in [1.29, 1.82) is 0 Å². The lowest BCUT2D eigenvalue weighted by Gasteiger charge is -2.26. The third kappa shape index (κ3) is 2.07. The third-order valence-corrected chi connectivity index (χ3v) is 3.06. The average molecular weight is 191 g/mol. The first kappa shape index (κ1) is 9.53. The molecule has 0 amide bonds. The summed E-state index contributed by atoms with van der Waals surface area (Å²) in [4.78, 5) is 0. The van der Waals surface area contributed by atoms with E-state index in [0.29, 0.717) is 17.7 Å². The molecule has 1 aromatic carbocycles. The maximum Gasteiger partial charge on any atom is 0.115 e. The van der Waals surface area contributed by atoms with E-state index in [-0.39, 0.29) is 0 Å². The summed E-state index contributed by atoms with van der Waals surface area (Å²) in [6, 6.07) is 7.92. The van der Waals surface area contributed by atoms with Crippen molar-refractivity contribution in [3.63, 3.8) is 0 Å². The number of phenols is 1. The summed E-state index contributed by atoms with van der Waals surface area (Å²) >= 11 is 0. The van der Waals surface area contributed by atoms with E-state index in [1.807, 2.05) is 12.1 Å². The second-order valence-corrected chi connectivity index (χ2v) is 4.22. The van der Waals surface area contributed by atoms with Crippen molar-refractivity contribution in [3.05, 3.63) is 29.8 Å². The van der Waals surface area contributed by atoms with Crippen LogP contribution in [0.1, 0.15) is 37.2 Å². The van der Waals surface area contributed by atoms with Gasteiger partial charge in [-0.1, -0.05) is 18.6 Å². The molecule has 1 saturated carbocycles. The molecule has 1 aromatic rings. The van der Waals surface area contributed by atoms with Crippen LogP contribution in [0.3, 0.4) is 0 Å². The van der Waals surface area contributed by atoms with Gasteiger partial charge in [0, 0.05) is 6.04 Å². The van der Waals surface area contributed by atoms with Gasteiger partial charge in [-0.25, -0.2) is 0 Å². The number of aromatic hydroxyl groups is 1. The van der Waals surface area contributed by atoms with Crippen LogP contribution in [0.15, 0.2) is 24.3 Å². The molecule has 3 N–H and O–H groups in total. The molecule has 2 unspecified atom stereocenters. The molecule has 1 aliphatic rings. The van der Waals surface area contributed by atoms with Crippen LogP contribution in [-0.2, 0) is 0 Å². The highest BCUT2D eigenvalue weighted by Gasteiger charge is 2.20. The molecule has 2 atom stereocenters. The first-order chi connectivity index (χ1) is 6.75. The Morgan fingerprint density at radius 3 is 2.86 bits per heavy atom. The monoisotopic (exact) mass is 191 g/mol.